The van der Waals surface area contributed by atoms with E-state index in [2.05, 4.69) is 5.32 Å². The zero-order valence-corrected chi connectivity index (χ0v) is 26.8. The van der Waals surface area contributed by atoms with Crippen molar-refractivity contribution < 1.29 is 32.2 Å². The Labute approximate surface area is 269 Å². The van der Waals surface area contributed by atoms with E-state index in [4.69, 9.17) is 14.2 Å². The van der Waals surface area contributed by atoms with E-state index in [0.29, 0.717) is 42.3 Å². The quantitative estimate of drug-likeness (QED) is 0.237. The molecule has 0 fully saturated rings. The molecule has 5 rings (SSSR count). The fourth-order valence-electron chi connectivity index (χ4n) is 5.20. The van der Waals surface area contributed by atoms with E-state index in [-0.39, 0.29) is 28.8 Å². The fraction of sp³-hybridized carbons (Fsp3) is 0.257. The molecule has 10 nitrogen and oxygen atoms in total. The van der Waals surface area contributed by atoms with Crippen LogP contribution in [-0.4, -0.2) is 59.7 Å². The predicted molar refractivity (Wildman–Crippen MR) is 176 cm³/mol. The first-order valence-corrected chi connectivity index (χ1v) is 16.4. The Morgan fingerprint density at radius 3 is 2.41 bits per heavy atom. The highest BCUT2D eigenvalue weighted by Crippen LogP contribution is 2.35. The van der Waals surface area contributed by atoms with Crippen LogP contribution in [0.1, 0.15) is 18.1 Å². The molecule has 46 heavy (non-hydrogen) atoms. The summed E-state index contributed by atoms with van der Waals surface area (Å²) in [6, 6.07) is 28.0. The van der Waals surface area contributed by atoms with E-state index in [9.17, 15) is 18.0 Å². The average Bonchev–Trinajstić information content (AvgIpc) is 3.07. The smallest absolute Gasteiger partial charge is 0.268 e. The highest BCUT2D eigenvalue weighted by molar-refractivity contribution is 7.93. The molecule has 0 unspecified atom stereocenters. The summed E-state index contributed by atoms with van der Waals surface area (Å²) in [6.07, 6.45) is -0.363. The van der Waals surface area contributed by atoms with Crippen LogP contribution in [-0.2, 0) is 26.0 Å². The molecule has 1 N–H and O–H groups in total. The molecule has 1 aliphatic rings. The van der Waals surface area contributed by atoms with Gasteiger partial charge in [0.05, 0.1) is 31.6 Å². The van der Waals surface area contributed by atoms with Crippen LogP contribution in [0.25, 0.3) is 0 Å². The molecular weight excluding hydrogens is 606 g/mol. The van der Waals surface area contributed by atoms with Gasteiger partial charge in [0.2, 0.25) is 5.91 Å². The first-order valence-electron chi connectivity index (χ1n) is 15.0. The monoisotopic (exact) mass is 643 g/mol. The lowest BCUT2D eigenvalue weighted by molar-refractivity contribution is -0.128. The normalized spacial score (nSPS) is 14.1. The molecule has 4 aromatic rings. The number of methoxy groups -OCH3 is 1. The van der Waals surface area contributed by atoms with Crippen molar-refractivity contribution in [1.82, 2.24) is 5.32 Å². The number of hydrogen-bond donors (Lipinski definition) is 1. The number of nitrogens with zero attached hydrogens (tertiary/aromatic N) is 2. The van der Waals surface area contributed by atoms with Crippen LogP contribution in [0.3, 0.4) is 0 Å². The standard InChI is InChI=1S/C35H37N3O7S/c1-4-44-28-17-15-27(16-18-28)38(46(41,42)33-22-25(2)14-19-31(33)43-3)24-34(39)37-23-32(45-30-13-9-8-12-29(30)37)35(40)36-21-20-26-10-6-5-7-11-26/h5-19,22,32H,4,20-21,23-24H2,1-3H3,(H,36,40)/t32-/m1/s1. The van der Waals surface area contributed by atoms with Crippen molar-refractivity contribution in [2.24, 2.45) is 0 Å². The molecule has 0 aromatic heterocycles. The molecule has 0 radical (unpaired) electrons. The maximum atomic E-state index is 14.3. The summed E-state index contributed by atoms with van der Waals surface area (Å²) in [7, 11) is -2.92. The third kappa shape index (κ3) is 7.26. The Hall–Kier alpha value is -5.03. The lowest BCUT2D eigenvalue weighted by Gasteiger charge is -2.35. The van der Waals surface area contributed by atoms with Gasteiger partial charge in [-0.2, -0.15) is 0 Å². The molecule has 240 valence electrons. The summed E-state index contributed by atoms with van der Waals surface area (Å²) >= 11 is 0. The molecule has 0 bridgehead atoms. The number of fused-ring (bicyclic) bond motifs is 1. The highest BCUT2D eigenvalue weighted by Gasteiger charge is 2.37. The molecular formula is C35H37N3O7S. The number of benzene rings is 4. The van der Waals surface area contributed by atoms with Crippen LogP contribution < -0.4 is 28.7 Å². The molecule has 2 amide bonds. The third-order valence-electron chi connectivity index (χ3n) is 7.52. The van der Waals surface area contributed by atoms with Crippen molar-refractivity contribution in [3.05, 3.63) is 108 Å². The third-order valence-corrected chi connectivity index (χ3v) is 9.32. The Morgan fingerprint density at radius 2 is 1.70 bits per heavy atom. The van der Waals surface area contributed by atoms with Gasteiger partial charge in [0, 0.05) is 6.54 Å². The summed E-state index contributed by atoms with van der Waals surface area (Å²) in [6.45, 7) is 3.81. The zero-order chi connectivity index (χ0) is 32.7. The number of ether oxygens (including phenoxy) is 3. The molecule has 1 heterocycles. The Bertz CT molecular complexity index is 1780. The van der Waals surface area contributed by atoms with E-state index in [1.54, 1.807) is 67.6 Å². The summed E-state index contributed by atoms with van der Waals surface area (Å²) in [5, 5.41) is 2.90. The van der Waals surface area contributed by atoms with Gasteiger partial charge in [-0.3, -0.25) is 13.9 Å². The summed E-state index contributed by atoms with van der Waals surface area (Å²) < 4.78 is 46.6. The van der Waals surface area contributed by atoms with Gasteiger partial charge in [-0.05, 0) is 79.9 Å². The number of carbonyl (C=O) groups excluding carboxylic acids is 2. The van der Waals surface area contributed by atoms with Crippen molar-refractivity contribution in [2.75, 3.05) is 42.6 Å². The first-order chi connectivity index (χ1) is 22.2. The van der Waals surface area contributed by atoms with Crippen LogP contribution in [0.4, 0.5) is 11.4 Å². The Morgan fingerprint density at radius 1 is 0.978 bits per heavy atom. The van der Waals surface area contributed by atoms with Gasteiger partial charge in [-0.15, -0.1) is 0 Å². The van der Waals surface area contributed by atoms with Crippen LogP contribution >= 0.6 is 0 Å². The molecule has 1 aliphatic heterocycles. The minimum Gasteiger partial charge on any atom is -0.495 e. The number of para-hydroxylation sites is 2. The van der Waals surface area contributed by atoms with Crippen molar-refractivity contribution in [2.45, 2.75) is 31.3 Å². The minimum absolute atomic E-state index is 0.0743. The topological polar surface area (TPSA) is 114 Å². The summed E-state index contributed by atoms with van der Waals surface area (Å²) in [5.41, 5.74) is 2.49. The second-order valence-electron chi connectivity index (χ2n) is 10.7. The predicted octanol–water partition coefficient (Wildman–Crippen LogP) is 4.75. The fourth-order valence-corrected chi connectivity index (χ4v) is 6.86. The van der Waals surface area contributed by atoms with Crippen LogP contribution in [0, 0.1) is 6.92 Å². The second-order valence-corrected chi connectivity index (χ2v) is 12.5. The van der Waals surface area contributed by atoms with Crippen LogP contribution in [0.15, 0.2) is 102 Å². The second kappa shape index (κ2) is 14.4. The van der Waals surface area contributed by atoms with Gasteiger partial charge in [0.15, 0.2) is 6.10 Å². The summed E-state index contributed by atoms with van der Waals surface area (Å²) in [4.78, 5) is 28.7. The van der Waals surface area contributed by atoms with E-state index in [1.165, 1.54) is 18.1 Å². The SMILES string of the molecule is CCOc1ccc(N(CC(=O)N2C[C@H](C(=O)NCCc3ccccc3)Oc3ccccc32)S(=O)(=O)c2cc(C)ccc2OC)cc1. The van der Waals surface area contributed by atoms with Crippen LogP contribution in [0.2, 0.25) is 0 Å². The van der Waals surface area contributed by atoms with Gasteiger partial charge < -0.3 is 24.4 Å². The van der Waals surface area contributed by atoms with Gasteiger partial charge >= 0.3 is 0 Å². The summed E-state index contributed by atoms with van der Waals surface area (Å²) in [5.74, 6) is 0.149. The maximum Gasteiger partial charge on any atom is 0.268 e. The molecule has 11 heteroatoms. The molecule has 0 saturated heterocycles. The van der Waals surface area contributed by atoms with E-state index in [0.717, 1.165) is 9.87 Å². The largest absolute Gasteiger partial charge is 0.495 e. The lowest BCUT2D eigenvalue weighted by Crippen LogP contribution is -2.53. The first kappa shape index (κ1) is 32.4. The molecule has 4 aromatic carbocycles. The number of sulfonamides is 1. The Balaban J connectivity index is 1.44. The van der Waals surface area contributed by atoms with Gasteiger partial charge in [-0.25, -0.2) is 8.42 Å². The average molecular weight is 644 g/mol. The number of hydrogen-bond acceptors (Lipinski definition) is 7. The number of nitrogens with one attached hydrogen (secondary N) is 1. The van der Waals surface area contributed by atoms with Crippen LogP contribution in [0.5, 0.6) is 17.2 Å². The Kier molecular flexibility index (Phi) is 10.1. The van der Waals surface area contributed by atoms with E-state index in [1.807, 2.05) is 37.3 Å². The number of carbonyl (C=O) groups is 2. The van der Waals surface area contributed by atoms with Gasteiger partial charge in [-0.1, -0.05) is 48.5 Å². The zero-order valence-electron chi connectivity index (χ0n) is 26.0. The number of rotatable bonds is 12. The van der Waals surface area contributed by atoms with Crippen molar-refractivity contribution in [3.8, 4) is 17.2 Å². The lowest BCUT2D eigenvalue weighted by atomic mass is 10.1. The van der Waals surface area contributed by atoms with Gasteiger partial charge in [0.1, 0.15) is 28.7 Å². The van der Waals surface area contributed by atoms with Gasteiger partial charge in [0.25, 0.3) is 15.9 Å². The van der Waals surface area contributed by atoms with Crippen molar-refractivity contribution in [1.29, 1.82) is 0 Å². The highest BCUT2D eigenvalue weighted by atomic mass is 32.2. The maximum absolute atomic E-state index is 14.3. The van der Waals surface area contributed by atoms with Crippen molar-refractivity contribution in [3.63, 3.8) is 0 Å². The number of amides is 2. The molecule has 0 spiro atoms. The van der Waals surface area contributed by atoms with E-state index >= 15 is 0 Å². The molecule has 0 aliphatic carbocycles. The number of anilines is 2. The molecule has 0 saturated carbocycles. The molecule has 1 atom stereocenters. The number of aryl methyl sites for hydroxylation is 1. The van der Waals surface area contributed by atoms with E-state index < -0.39 is 28.6 Å². The minimum atomic E-state index is -4.31. The van der Waals surface area contributed by atoms with Crippen molar-refractivity contribution >= 4 is 33.2 Å².